The van der Waals surface area contributed by atoms with Gasteiger partial charge in [0.1, 0.15) is 6.42 Å². The van der Waals surface area contributed by atoms with Gasteiger partial charge in [0, 0.05) is 11.4 Å². The molecule has 0 atom stereocenters. The van der Waals surface area contributed by atoms with Gasteiger partial charge in [-0.25, -0.2) is 4.79 Å². The number of anilines is 2. The van der Waals surface area contributed by atoms with Gasteiger partial charge in [-0.2, -0.15) is 5.26 Å². The number of carbonyl (C=O) groups excluding carboxylic acids is 3. The lowest BCUT2D eigenvalue weighted by Crippen LogP contribution is -2.21. The van der Waals surface area contributed by atoms with Crippen molar-refractivity contribution in [1.29, 1.82) is 5.26 Å². The highest BCUT2D eigenvalue weighted by molar-refractivity contribution is 5.96. The molecule has 0 radical (unpaired) electrons. The van der Waals surface area contributed by atoms with E-state index in [2.05, 4.69) is 10.6 Å². The smallest absolute Gasteiger partial charge is 0.338 e. The molecule has 0 aliphatic rings. The molecular formula is C20H19N3O4. The zero-order valence-corrected chi connectivity index (χ0v) is 15.0. The summed E-state index contributed by atoms with van der Waals surface area (Å²) >= 11 is 0. The number of aryl methyl sites for hydroxylation is 2. The summed E-state index contributed by atoms with van der Waals surface area (Å²) in [6.07, 6.45) is -0.251. The van der Waals surface area contributed by atoms with Crippen molar-refractivity contribution in [3.05, 3.63) is 59.2 Å². The van der Waals surface area contributed by atoms with Crippen LogP contribution in [0.5, 0.6) is 0 Å². The summed E-state index contributed by atoms with van der Waals surface area (Å²) in [5.41, 5.74) is 3.37. The van der Waals surface area contributed by atoms with E-state index in [9.17, 15) is 14.4 Å². The Morgan fingerprint density at radius 3 is 2.33 bits per heavy atom. The van der Waals surface area contributed by atoms with Gasteiger partial charge in [-0.15, -0.1) is 0 Å². The largest absolute Gasteiger partial charge is 0.452 e. The van der Waals surface area contributed by atoms with E-state index < -0.39 is 24.4 Å². The Balaban J connectivity index is 1.86. The minimum Gasteiger partial charge on any atom is -0.452 e. The molecule has 27 heavy (non-hydrogen) atoms. The van der Waals surface area contributed by atoms with Gasteiger partial charge in [-0.05, 0) is 49.7 Å². The molecule has 2 aromatic carbocycles. The first-order valence-electron chi connectivity index (χ1n) is 8.20. The van der Waals surface area contributed by atoms with Gasteiger partial charge in [-0.1, -0.05) is 17.7 Å². The standard InChI is InChI=1S/C20H19N3O4/c1-13-3-8-17(14(2)11-13)23-19(25)12-27-20(26)15-4-6-16(7-5-15)22-18(24)9-10-21/h3-8,11H,9,12H2,1-2H3,(H,22,24)(H,23,25). The van der Waals surface area contributed by atoms with E-state index >= 15 is 0 Å². The van der Waals surface area contributed by atoms with E-state index in [1.807, 2.05) is 26.0 Å². The maximum atomic E-state index is 12.0. The molecule has 2 rings (SSSR count). The maximum absolute atomic E-state index is 12.0. The van der Waals surface area contributed by atoms with Crippen molar-refractivity contribution < 1.29 is 19.1 Å². The molecule has 0 spiro atoms. The van der Waals surface area contributed by atoms with Crippen molar-refractivity contribution in [3.8, 4) is 6.07 Å². The highest BCUT2D eigenvalue weighted by Gasteiger charge is 2.11. The number of ether oxygens (including phenoxy) is 1. The third kappa shape index (κ3) is 5.97. The predicted molar refractivity (Wildman–Crippen MR) is 100 cm³/mol. The van der Waals surface area contributed by atoms with Crippen LogP contribution in [0.4, 0.5) is 11.4 Å². The molecule has 0 bridgehead atoms. The second kappa shape index (κ2) is 9.15. The van der Waals surface area contributed by atoms with Crippen molar-refractivity contribution in [2.75, 3.05) is 17.2 Å². The number of esters is 1. The average Bonchev–Trinajstić information content (AvgIpc) is 2.63. The Hall–Kier alpha value is -3.66. The lowest BCUT2D eigenvalue weighted by molar-refractivity contribution is -0.119. The summed E-state index contributed by atoms with van der Waals surface area (Å²) in [7, 11) is 0. The average molecular weight is 365 g/mol. The predicted octanol–water partition coefficient (Wildman–Crippen LogP) is 2.95. The van der Waals surface area contributed by atoms with Crippen LogP contribution in [-0.2, 0) is 14.3 Å². The van der Waals surface area contributed by atoms with Gasteiger partial charge in [0.15, 0.2) is 6.61 Å². The number of hydrogen-bond donors (Lipinski definition) is 2. The van der Waals surface area contributed by atoms with Crippen LogP contribution in [0.1, 0.15) is 27.9 Å². The topological polar surface area (TPSA) is 108 Å². The second-order valence-electron chi connectivity index (χ2n) is 5.90. The van der Waals surface area contributed by atoms with Crippen molar-refractivity contribution >= 4 is 29.2 Å². The Bertz CT molecular complexity index is 898. The Labute approximate surface area is 156 Å². The van der Waals surface area contributed by atoms with Crippen molar-refractivity contribution in [1.82, 2.24) is 0 Å². The van der Waals surface area contributed by atoms with E-state index in [1.54, 1.807) is 12.1 Å². The van der Waals surface area contributed by atoms with Crippen LogP contribution in [0, 0.1) is 25.2 Å². The third-order valence-electron chi connectivity index (χ3n) is 3.63. The first-order chi connectivity index (χ1) is 12.9. The minimum absolute atomic E-state index is 0.243. The Morgan fingerprint density at radius 1 is 1.00 bits per heavy atom. The number of benzene rings is 2. The van der Waals surface area contributed by atoms with Crippen molar-refractivity contribution in [2.24, 2.45) is 0 Å². The molecule has 138 valence electrons. The van der Waals surface area contributed by atoms with E-state index in [4.69, 9.17) is 10.00 Å². The number of hydrogen-bond acceptors (Lipinski definition) is 5. The fourth-order valence-corrected chi connectivity index (χ4v) is 2.32. The SMILES string of the molecule is Cc1ccc(NC(=O)COC(=O)c2ccc(NC(=O)CC#N)cc2)c(C)c1. The van der Waals surface area contributed by atoms with Crippen molar-refractivity contribution in [3.63, 3.8) is 0 Å². The molecule has 0 heterocycles. The molecule has 0 saturated carbocycles. The zero-order valence-electron chi connectivity index (χ0n) is 15.0. The molecule has 2 aromatic rings. The van der Waals surface area contributed by atoms with E-state index in [0.29, 0.717) is 11.4 Å². The van der Waals surface area contributed by atoms with E-state index in [0.717, 1.165) is 11.1 Å². The van der Waals surface area contributed by atoms with E-state index in [1.165, 1.54) is 24.3 Å². The molecule has 0 aromatic heterocycles. The Kier molecular flexibility index (Phi) is 6.67. The van der Waals surface area contributed by atoms with E-state index in [-0.39, 0.29) is 12.0 Å². The summed E-state index contributed by atoms with van der Waals surface area (Å²) in [5, 5.41) is 13.7. The molecule has 2 amide bonds. The number of nitrogens with zero attached hydrogens (tertiary/aromatic N) is 1. The lowest BCUT2D eigenvalue weighted by atomic mass is 10.1. The molecule has 0 aliphatic carbocycles. The molecule has 7 heteroatoms. The number of carbonyl (C=O) groups is 3. The van der Waals surface area contributed by atoms with Gasteiger partial charge in [0.25, 0.3) is 5.91 Å². The number of nitriles is 1. The number of nitrogens with one attached hydrogen (secondary N) is 2. The lowest BCUT2D eigenvalue weighted by Gasteiger charge is -2.10. The monoisotopic (exact) mass is 365 g/mol. The highest BCUT2D eigenvalue weighted by atomic mass is 16.5. The second-order valence-corrected chi connectivity index (χ2v) is 5.90. The quantitative estimate of drug-likeness (QED) is 0.765. The van der Waals surface area contributed by atoms with Crippen LogP contribution in [0.3, 0.4) is 0 Å². The molecule has 2 N–H and O–H groups in total. The van der Waals surface area contributed by atoms with Gasteiger partial charge < -0.3 is 15.4 Å². The van der Waals surface area contributed by atoms with Crippen LogP contribution in [0.2, 0.25) is 0 Å². The summed E-state index contributed by atoms with van der Waals surface area (Å²) in [6.45, 7) is 3.43. The van der Waals surface area contributed by atoms with Crippen LogP contribution < -0.4 is 10.6 Å². The Morgan fingerprint density at radius 2 is 1.70 bits per heavy atom. The highest BCUT2D eigenvalue weighted by Crippen LogP contribution is 2.16. The van der Waals surface area contributed by atoms with Crippen LogP contribution in [-0.4, -0.2) is 24.4 Å². The summed E-state index contributed by atoms with van der Waals surface area (Å²) in [5.74, 6) is -1.52. The molecule has 0 saturated heterocycles. The fourth-order valence-electron chi connectivity index (χ4n) is 2.32. The summed E-state index contributed by atoms with van der Waals surface area (Å²) in [4.78, 5) is 35.3. The van der Waals surface area contributed by atoms with Gasteiger partial charge in [0.05, 0.1) is 11.6 Å². The number of rotatable bonds is 6. The first-order valence-corrected chi connectivity index (χ1v) is 8.20. The fraction of sp³-hybridized carbons (Fsp3) is 0.200. The molecule has 7 nitrogen and oxygen atoms in total. The normalized spacial score (nSPS) is 9.81. The molecule has 0 unspecified atom stereocenters. The maximum Gasteiger partial charge on any atom is 0.338 e. The van der Waals surface area contributed by atoms with Gasteiger partial charge in [0.2, 0.25) is 5.91 Å². The van der Waals surface area contributed by atoms with Crippen molar-refractivity contribution in [2.45, 2.75) is 20.3 Å². The van der Waals surface area contributed by atoms with Crippen LogP contribution in [0.15, 0.2) is 42.5 Å². The molecule has 0 aliphatic heterocycles. The minimum atomic E-state index is -0.652. The van der Waals surface area contributed by atoms with Gasteiger partial charge in [-0.3, -0.25) is 9.59 Å². The zero-order chi connectivity index (χ0) is 19.8. The van der Waals surface area contributed by atoms with Crippen LogP contribution >= 0.6 is 0 Å². The third-order valence-corrected chi connectivity index (χ3v) is 3.63. The number of amides is 2. The molecule has 0 fully saturated rings. The summed E-state index contributed by atoms with van der Waals surface area (Å²) < 4.78 is 5.00. The summed E-state index contributed by atoms with van der Waals surface area (Å²) in [6, 6.07) is 13.3. The first kappa shape index (κ1) is 19.7. The van der Waals surface area contributed by atoms with Crippen LogP contribution in [0.25, 0.3) is 0 Å². The van der Waals surface area contributed by atoms with Gasteiger partial charge >= 0.3 is 5.97 Å². The molecular weight excluding hydrogens is 346 g/mol.